The maximum Gasteiger partial charge on any atom is 0.00860 e. The zero-order valence-electron chi connectivity index (χ0n) is 5.77. The van der Waals surface area contributed by atoms with Crippen LogP contribution in [0, 0.1) is 24.7 Å². The van der Waals surface area contributed by atoms with Gasteiger partial charge in [0.1, 0.15) is 0 Å². The van der Waals surface area contributed by atoms with Crippen molar-refractivity contribution in [2.75, 3.05) is 0 Å². The Kier molecular flexibility index (Phi) is 2.64. The molecule has 0 nitrogen and oxygen atoms in total. The van der Waals surface area contributed by atoms with E-state index in [4.69, 9.17) is 6.42 Å². The maximum atomic E-state index is 5.10. The lowest BCUT2D eigenvalue weighted by molar-refractivity contribution is 0.650. The molecule has 1 rings (SSSR count). The van der Waals surface area contributed by atoms with Crippen LogP contribution in [0.2, 0.25) is 0 Å². The van der Waals surface area contributed by atoms with Gasteiger partial charge in [-0.15, -0.1) is 12.3 Å². The Morgan fingerprint density at radius 1 is 1.56 bits per heavy atom. The molecule has 9 heavy (non-hydrogen) atoms. The van der Waals surface area contributed by atoms with Crippen LogP contribution in [-0.2, 0) is 0 Å². The predicted molar refractivity (Wildman–Crippen MR) is 39.7 cm³/mol. The Hall–Kier alpha value is -0.440. The van der Waals surface area contributed by atoms with Crippen LogP contribution in [0.15, 0.2) is 0 Å². The van der Waals surface area contributed by atoms with Crippen molar-refractivity contribution in [2.24, 2.45) is 5.92 Å². The second-order valence-electron chi connectivity index (χ2n) is 2.68. The van der Waals surface area contributed by atoms with Crippen molar-refractivity contribution < 1.29 is 0 Å². The molecule has 1 saturated carbocycles. The molecule has 0 saturated heterocycles. The first-order chi connectivity index (χ1) is 4.43. The first kappa shape index (κ1) is 6.68. The summed E-state index contributed by atoms with van der Waals surface area (Å²) in [4.78, 5) is 0. The van der Waals surface area contributed by atoms with Crippen LogP contribution >= 0.6 is 0 Å². The topological polar surface area (TPSA) is 0 Å². The van der Waals surface area contributed by atoms with Gasteiger partial charge in [0.15, 0.2) is 0 Å². The second kappa shape index (κ2) is 3.56. The van der Waals surface area contributed by atoms with Gasteiger partial charge in [-0.25, -0.2) is 0 Å². The molecule has 0 spiro atoms. The smallest absolute Gasteiger partial charge is 0.00860 e. The van der Waals surface area contributed by atoms with Crippen molar-refractivity contribution in [2.45, 2.75) is 32.1 Å². The quantitative estimate of drug-likeness (QED) is 0.396. The first-order valence-corrected chi connectivity index (χ1v) is 3.70. The second-order valence-corrected chi connectivity index (χ2v) is 2.68. The lowest BCUT2D eigenvalue weighted by Crippen LogP contribution is -1.77. The molecule has 0 aliphatic heterocycles. The molecule has 0 aromatic heterocycles. The van der Waals surface area contributed by atoms with E-state index in [0.29, 0.717) is 0 Å². The zero-order valence-corrected chi connectivity index (χ0v) is 5.77. The summed E-state index contributed by atoms with van der Waals surface area (Å²) in [5.74, 6) is 3.61. The molecule has 0 amide bonds. The van der Waals surface area contributed by atoms with Gasteiger partial charge in [-0.3, -0.25) is 0 Å². The average molecular weight is 121 g/mol. The van der Waals surface area contributed by atoms with Gasteiger partial charge in [0.05, 0.1) is 0 Å². The molecule has 1 aliphatic carbocycles. The van der Waals surface area contributed by atoms with Crippen LogP contribution in [0.25, 0.3) is 0 Å². The van der Waals surface area contributed by atoms with Gasteiger partial charge >= 0.3 is 0 Å². The lowest BCUT2D eigenvalue weighted by atomic mass is 10.1. The van der Waals surface area contributed by atoms with Crippen molar-refractivity contribution in [1.29, 1.82) is 0 Å². The Morgan fingerprint density at radius 3 is 2.89 bits per heavy atom. The summed E-state index contributed by atoms with van der Waals surface area (Å²) in [6.07, 6.45) is 13.7. The summed E-state index contributed by atoms with van der Waals surface area (Å²) in [7, 11) is 0. The van der Waals surface area contributed by atoms with Gasteiger partial charge in [-0.2, -0.15) is 0 Å². The molecular formula is C9H13. The fourth-order valence-corrected chi connectivity index (χ4v) is 0.966. The summed E-state index contributed by atoms with van der Waals surface area (Å²) >= 11 is 0. The molecule has 1 radical (unpaired) electrons. The highest BCUT2D eigenvalue weighted by atomic mass is 14.2. The number of rotatable bonds is 4. The van der Waals surface area contributed by atoms with Gasteiger partial charge in [0.2, 0.25) is 0 Å². The lowest BCUT2D eigenvalue weighted by Gasteiger charge is -1.92. The Bertz CT molecular complexity index is 104. The summed E-state index contributed by atoms with van der Waals surface area (Å²) < 4.78 is 0. The molecule has 0 bridgehead atoms. The van der Waals surface area contributed by atoms with Crippen molar-refractivity contribution in [3.05, 3.63) is 6.42 Å². The first-order valence-electron chi connectivity index (χ1n) is 3.70. The molecule has 49 valence electrons. The van der Waals surface area contributed by atoms with Gasteiger partial charge in [0, 0.05) is 6.42 Å². The molecule has 0 heteroatoms. The number of terminal acetylenes is 1. The van der Waals surface area contributed by atoms with Crippen molar-refractivity contribution in [3.8, 4) is 12.3 Å². The van der Waals surface area contributed by atoms with E-state index in [2.05, 4.69) is 12.3 Å². The summed E-state index contributed by atoms with van der Waals surface area (Å²) in [6.45, 7) is 0. The molecule has 1 fully saturated rings. The fraction of sp³-hybridized carbons (Fsp3) is 0.667. The molecule has 1 atom stereocenters. The normalized spacial score (nSPS) is 17.2. The van der Waals surface area contributed by atoms with E-state index in [1.807, 2.05) is 0 Å². The minimum atomic E-state index is 0.961. The van der Waals surface area contributed by atoms with Gasteiger partial charge < -0.3 is 0 Å². The number of unbranched alkanes of at least 4 members (excludes halogenated alkanes) is 2. The Morgan fingerprint density at radius 2 is 2.33 bits per heavy atom. The minimum absolute atomic E-state index is 0.961. The molecule has 0 N–H and O–H groups in total. The van der Waals surface area contributed by atoms with Gasteiger partial charge in [-0.1, -0.05) is 12.8 Å². The van der Waals surface area contributed by atoms with Crippen LogP contribution in [0.5, 0.6) is 0 Å². The SMILES string of the molecule is C#CCCCCC1[CH]C1. The van der Waals surface area contributed by atoms with Crippen molar-refractivity contribution in [1.82, 2.24) is 0 Å². The third kappa shape index (κ3) is 3.19. The van der Waals surface area contributed by atoms with Crippen molar-refractivity contribution >= 4 is 0 Å². The molecule has 0 aromatic carbocycles. The van der Waals surface area contributed by atoms with E-state index < -0.39 is 0 Å². The fourth-order valence-electron chi connectivity index (χ4n) is 0.966. The van der Waals surface area contributed by atoms with E-state index in [1.54, 1.807) is 0 Å². The molecule has 1 unspecified atom stereocenters. The Balaban J connectivity index is 1.77. The van der Waals surface area contributed by atoms with Crippen LogP contribution in [0.3, 0.4) is 0 Å². The predicted octanol–water partition coefficient (Wildman–Crippen LogP) is 2.40. The molecule has 0 heterocycles. The van der Waals surface area contributed by atoms with Crippen LogP contribution < -0.4 is 0 Å². The molecule has 1 aliphatic rings. The molecule has 0 aromatic rings. The van der Waals surface area contributed by atoms with Crippen molar-refractivity contribution in [3.63, 3.8) is 0 Å². The number of hydrogen-bond donors (Lipinski definition) is 0. The van der Waals surface area contributed by atoms with E-state index >= 15 is 0 Å². The van der Waals surface area contributed by atoms with E-state index in [1.165, 1.54) is 25.7 Å². The maximum absolute atomic E-state index is 5.10. The monoisotopic (exact) mass is 121 g/mol. The average Bonchev–Trinajstić information content (AvgIpc) is 2.63. The summed E-state index contributed by atoms with van der Waals surface area (Å²) in [5, 5.41) is 0. The Labute approximate surface area is 57.7 Å². The van der Waals surface area contributed by atoms with Crippen LogP contribution in [0.1, 0.15) is 32.1 Å². The van der Waals surface area contributed by atoms with Crippen LogP contribution in [-0.4, -0.2) is 0 Å². The highest BCUT2D eigenvalue weighted by Gasteiger charge is 2.20. The summed E-state index contributed by atoms with van der Waals surface area (Å²) in [5.41, 5.74) is 0. The highest BCUT2D eigenvalue weighted by Crippen LogP contribution is 2.32. The third-order valence-corrected chi connectivity index (χ3v) is 1.72. The zero-order chi connectivity index (χ0) is 6.53. The van der Waals surface area contributed by atoms with Gasteiger partial charge in [0.25, 0.3) is 0 Å². The third-order valence-electron chi connectivity index (χ3n) is 1.72. The number of hydrogen-bond acceptors (Lipinski definition) is 0. The largest absolute Gasteiger partial charge is 0.120 e. The summed E-state index contributed by atoms with van der Waals surface area (Å²) in [6, 6.07) is 0. The standard InChI is InChI=1S/C9H13/c1-2-3-4-5-6-9-7-8-9/h1,7,9H,3-6,8H2. The van der Waals surface area contributed by atoms with E-state index in [-0.39, 0.29) is 0 Å². The van der Waals surface area contributed by atoms with E-state index in [9.17, 15) is 0 Å². The highest BCUT2D eigenvalue weighted by molar-refractivity contribution is 4.94. The van der Waals surface area contributed by atoms with E-state index in [0.717, 1.165) is 12.3 Å². The molecular weight excluding hydrogens is 108 g/mol. The minimum Gasteiger partial charge on any atom is -0.120 e. The van der Waals surface area contributed by atoms with Gasteiger partial charge in [-0.05, 0) is 25.2 Å². The van der Waals surface area contributed by atoms with Crippen LogP contribution in [0.4, 0.5) is 0 Å².